The van der Waals surface area contributed by atoms with E-state index in [4.69, 9.17) is 9.47 Å². The van der Waals surface area contributed by atoms with Crippen LogP contribution in [0.25, 0.3) is 0 Å². The van der Waals surface area contributed by atoms with Gasteiger partial charge in [0.25, 0.3) is 0 Å². The van der Waals surface area contributed by atoms with E-state index in [1.54, 1.807) is 31.3 Å². The minimum absolute atomic E-state index is 0.123. The van der Waals surface area contributed by atoms with E-state index < -0.39 is 40.3 Å². The third kappa shape index (κ3) is 2.37. The van der Waals surface area contributed by atoms with Gasteiger partial charge < -0.3 is 9.47 Å². The number of carbonyl (C=O) groups excluding carboxylic acids is 3. The van der Waals surface area contributed by atoms with Crippen LogP contribution in [0.15, 0.2) is 24.4 Å². The molecule has 1 amide bonds. The van der Waals surface area contributed by atoms with Crippen molar-refractivity contribution in [1.82, 2.24) is 9.88 Å². The van der Waals surface area contributed by atoms with Crippen LogP contribution in [0.4, 0.5) is 0 Å². The molecule has 1 aromatic rings. The molecule has 2 aliphatic rings. The zero-order valence-electron chi connectivity index (χ0n) is 15.7. The fraction of sp³-hybridized carbons (Fsp3) is 0.579. The molecule has 0 radical (unpaired) electrons. The Bertz CT molecular complexity index is 757. The van der Waals surface area contributed by atoms with Crippen molar-refractivity contribution in [3.8, 4) is 0 Å². The molecule has 0 N–H and O–H groups in total. The number of nitrogens with zero attached hydrogens (tertiary/aromatic N) is 2. The first-order valence-electron chi connectivity index (χ1n) is 8.57. The molecule has 140 valence electrons. The smallest absolute Gasteiger partial charge is 0.342 e. The number of fused-ring (bicyclic) bond motifs is 1. The van der Waals surface area contributed by atoms with E-state index in [2.05, 4.69) is 4.98 Å². The van der Waals surface area contributed by atoms with E-state index in [0.29, 0.717) is 5.69 Å². The van der Waals surface area contributed by atoms with E-state index >= 15 is 0 Å². The van der Waals surface area contributed by atoms with Gasteiger partial charge in [-0.15, -0.1) is 0 Å². The van der Waals surface area contributed by atoms with Crippen LogP contribution >= 0.6 is 0 Å². The summed E-state index contributed by atoms with van der Waals surface area (Å²) in [6.45, 7) is 7.09. The van der Waals surface area contributed by atoms with Crippen LogP contribution in [-0.4, -0.2) is 53.0 Å². The molecule has 7 heteroatoms. The number of hydrogen-bond donors (Lipinski definition) is 0. The zero-order valence-corrected chi connectivity index (χ0v) is 15.7. The van der Waals surface area contributed by atoms with Gasteiger partial charge in [0.2, 0.25) is 11.4 Å². The first-order chi connectivity index (χ1) is 12.1. The number of ketones is 1. The molecule has 3 atom stereocenters. The number of carbonyl (C=O) groups is 3. The summed E-state index contributed by atoms with van der Waals surface area (Å²) in [6, 6.07) is 5.33. The maximum Gasteiger partial charge on any atom is 0.342 e. The minimum atomic E-state index is -1.73. The molecule has 3 rings (SSSR count). The third-order valence-corrected chi connectivity index (χ3v) is 5.19. The Morgan fingerprint density at radius 1 is 1.38 bits per heavy atom. The predicted octanol–water partition coefficient (Wildman–Crippen LogP) is 1.36. The molecule has 0 spiro atoms. The molecule has 0 aromatic carbocycles. The molecule has 26 heavy (non-hydrogen) atoms. The first-order valence-corrected chi connectivity index (χ1v) is 8.57. The van der Waals surface area contributed by atoms with Gasteiger partial charge >= 0.3 is 5.97 Å². The number of Topliss-reactive ketones (excluding diaryl/α,β-unsaturated/α-hetero) is 1. The van der Waals surface area contributed by atoms with Crippen molar-refractivity contribution in [3.63, 3.8) is 0 Å². The largest absolute Gasteiger partial charge is 0.467 e. The van der Waals surface area contributed by atoms with Gasteiger partial charge in [0.05, 0.1) is 13.7 Å². The molecule has 0 bridgehead atoms. The summed E-state index contributed by atoms with van der Waals surface area (Å²) in [6.07, 6.45) is 1.04. The molecule has 0 aliphatic carbocycles. The second kappa shape index (κ2) is 5.87. The average Bonchev–Trinajstić information content (AvgIpc) is 3.07. The maximum absolute atomic E-state index is 13.4. The highest BCUT2D eigenvalue weighted by molar-refractivity contribution is 6.26. The summed E-state index contributed by atoms with van der Waals surface area (Å²) in [5.41, 5.74) is -2.98. The number of ether oxygens (including phenoxy) is 2. The summed E-state index contributed by atoms with van der Waals surface area (Å²) in [7, 11) is 1.21. The second-order valence-electron chi connectivity index (χ2n) is 8.22. The van der Waals surface area contributed by atoms with Gasteiger partial charge in [-0.3, -0.25) is 19.5 Å². The van der Waals surface area contributed by atoms with Gasteiger partial charge in [0, 0.05) is 23.7 Å². The van der Waals surface area contributed by atoms with Crippen molar-refractivity contribution in [3.05, 3.63) is 30.1 Å². The summed E-state index contributed by atoms with van der Waals surface area (Å²) < 4.78 is 10.7. The van der Waals surface area contributed by atoms with Crippen LogP contribution in [0.5, 0.6) is 0 Å². The summed E-state index contributed by atoms with van der Waals surface area (Å²) in [5, 5.41) is 0. The Balaban J connectivity index is 2.10. The Morgan fingerprint density at radius 3 is 2.62 bits per heavy atom. The van der Waals surface area contributed by atoms with Crippen molar-refractivity contribution in [1.29, 1.82) is 0 Å². The SMILES string of the molecule is COC(=O)[C@]12CO[C@H](C(C)(C)C)N1C(=O)[C@](C)(Cc1ccccn1)C2=O. The number of rotatable bonds is 3. The van der Waals surface area contributed by atoms with E-state index in [9.17, 15) is 14.4 Å². The lowest BCUT2D eigenvalue weighted by Crippen LogP contribution is -2.58. The Hall–Kier alpha value is -2.28. The van der Waals surface area contributed by atoms with E-state index in [1.807, 2.05) is 20.8 Å². The normalized spacial score (nSPS) is 31.3. The Morgan fingerprint density at radius 2 is 2.08 bits per heavy atom. The number of pyridine rings is 1. The monoisotopic (exact) mass is 360 g/mol. The van der Waals surface area contributed by atoms with Gasteiger partial charge in [-0.25, -0.2) is 4.79 Å². The van der Waals surface area contributed by atoms with Crippen molar-refractivity contribution in [2.75, 3.05) is 13.7 Å². The fourth-order valence-electron chi connectivity index (χ4n) is 3.89. The van der Waals surface area contributed by atoms with Crippen LogP contribution in [0.1, 0.15) is 33.4 Å². The molecule has 0 unspecified atom stereocenters. The summed E-state index contributed by atoms with van der Waals surface area (Å²) in [4.78, 5) is 45.0. The van der Waals surface area contributed by atoms with Gasteiger partial charge in [0.15, 0.2) is 5.78 Å². The fourth-order valence-corrected chi connectivity index (χ4v) is 3.89. The quantitative estimate of drug-likeness (QED) is 0.598. The highest BCUT2D eigenvalue weighted by atomic mass is 16.6. The molecule has 2 aliphatic heterocycles. The number of aromatic nitrogens is 1. The summed E-state index contributed by atoms with van der Waals surface area (Å²) >= 11 is 0. The lowest BCUT2D eigenvalue weighted by molar-refractivity contribution is -0.160. The molecular weight excluding hydrogens is 336 g/mol. The minimum Gasteiger partial charge on any atom is -0.467 e. The molecule has 2 saturated heterocycles. The average molecular weight is 360 g/mol. The van der Waals surface area contributed by atoms with Gasteiger partial charge in [-0.05, 0) is 19.1 Å². The molecule has 7 nitrogen and oxygen atoms in total. The van der Waals surface area contributed by atoms with Crippen LogP contribution in [0, 0.1) is 10.8 Å². The number of hydrogen-bond acceptors (Lipinski definition) is 6. The standard InChI is InChI=1S/C19H24N2O5/c1-17(2,3)15-21-14(23)18(4,10-12-8-6-7-9-20-12)13(22)19(21,11-26-15)16(24)25-5/h6-9,15H,10-11H2,1-5H3/t15-,18-,19-/m1/s1. The lowest BCUT2D eigenvalue weighted by atomic mass is 9.77. The Labute approximate surface area is 152 Å². The molecule has 0 saturated carbocycles. The number of amides is 1. The summed E-state index contributed by atoms with van der Waals surface area (Å²) in [5.74, 6) is -1.66. The number of esters is 1. The van der Waals surface area contributed by atoms with Crippen molar-refractivity contribution in [2.24, 2.45) is 10.8 Å². The van der Waals surface area contributed by atoms with Crippen LogP contribution in [0.2, 0.25) is 0 Å². The zero-order chi connectivity index (χ0) is 19.3. The molecule has 3 heterocycles. The molecular formula is C19H24N2O5. The van der Waals surface area contributed by atoms with Crippen molar-refractivity contribution >= 4 is 17.7 Å². The first kappa shape index (κ1) is 18.5. The lowest BCUT2D eigenvalue weighted by Gasteiger charge is -2.35. The highest BCUT2D eigenvalue weighted by Crippen LogP contribution is 2.49. The third-order valence-electron chi connectivity index (χ3n) is 5.19. The van der Waals surface area contributed by atoms with Gasteiger partial charge in [-0.1, -0.05) is 26.8 Å². The van der Waals surface area contributed by atoms with Crippen LogP contribution in [0.3, 0.4) is 0 Å². The Kier molecular flexibility index (Phi) is 4.18. The molecule has 2 fully saturated rings. The van der Waals surface area contributed by atoms with Gasteiger partial charge in [0.1, 0.15) is 11.6 Å². The maximum atomic E-state index is 13.4. The topological polar surface area (TPSA) is 85.8 Å². The van der Waals surface area contributed by atoms with Crippen molar-refractivity contribution < 1.29 is 23.9 Å². The van der Waals surface area contributed by atoms with Gasteiger partial charge in [-0.2, -0.15) is 0 Å². The van der Waals surface area contributed by atoms with E-state index in [1.165, 1.54) is 12.0 Å². The highest BCUT2D eigenvalue weighted by Gasteiger charge is 2.74. The second-order valence-corrected chi connectivity index (χ2v) is 8.22. The van der Waals surface area contributed by atoms with Crippen molar-refractivity contribution in [2.45, 2.75) is 45.9 Å². The molecule has 1 aromatic heterocycles. The number of methoxy groups -OCH3 is 1. The van der Waals surface area contributed by atoms with E-state index in [0.717, 1.165) is 0 Å². The van der Waals surface area contributed by atoms with Crippen LogP contribution < -0.4 is 0 Å². The van der Waals surface area contributed by atoms with Crippen LogP contribution in [-0.2, 0) is 30.3 Å². The van der Waals surface area contributed by atoms with E-state index in [-0.39, 0.29) is 13.0 Å². The predicted molar refractivity (Wildman–Crippen MR) is 91.8 cm³/mol.